The number of hydrogen-bond acceptors (Lipinski definition) is 4. The molecule has 2 atom stereocenters. The van der Waals surface area contributed by atoms with Crippen molar-refractivity contribution < 1.29 is 13.2 Å². The average molecular weight is 456 g/mol. The van der Waals surface area contributed by atoms with E-state index < -0.39 is 15.7 Å². The summed E-state index contributed by atoms with van der Waals surface area (Å²) in [5.41, 5.74) is -0.458. The second kappa shape index (κ2) is 9.15. The van der Waals surface area contributed by atoms with Crippen LogP contribution in [0.5, 0.6) is 0 Å². The van der Waals surface area contributed by atoms with Crippen LogP contribution in [0.25, 0.3) is 0 Å². The van der Waals surface area contributed by atoms with Crippen LogP contribution in [0.1, 0.15) is 53.4 Å². The molecule has 1 spiro atoms. The van der Waals surface area contributed by atoms with Gasteiger partial charge in [-0.25, -0.2) is 8.42 Å². The summed E-state index contributed by atoms with van der Waals surface area (Å²) < 4.78 is 27.7. The van der Waals surface area contributed by atoms with Crippen molar-refractivity contribution in [1.82, 2.24) is 14.5 Å². The third-order valence-corrected chi connectivity index (χ3v) is 8.54. The smallest absolute Gasteiger partial charge is 0.243 e. The lowest BCUT2D eigenvalue weighted by atomic mass is 9.95. The molecule has 6 nitrogen and oxygen atoms in total. The zero-order valence-electron chi connectivity index (χ0n) is 18.4. The van der Waals surface area contributed by atoms with Crippen molar-refractivity contribution in [3.05, 3.63) is 29.3 Å². The number of carbonyl (C=O) groups is 1. The van der Waals surface area contributed by atoms with Crippen LogP contribution >= 0.6 is 11.6 Å². The predicted molar refractivity (Wildman–Crippen MR) is 120 cm³/mol. The third kappa shape index (κ3) is 4.69. The van der Waals surface area contributed by atoms with Crippen LogP contribution in [0.3, 0.4) is 0 Å². The number of nitrogens with one attached hydrogen (secondary N) is 1. The molecule has 3 rings (SSSR count). The zero-order chi connectivity index (χ0) is 22.1. The first kappa shape index (κ1) is 23.5. The minimum Gasteiger partial charge on any atom is -0.323 e. The van der Waals surface area contributed by atoms with Gasteiger partial charge in [0.1, 0.15) is 0 Å². The summed E-state index contributed by atoms with van der Waals surface area (Å²) in [6, 6.07) is 6.21. The Morgan fingerprint density at radius 3 is 2.47 bits per heavy atom. The Morgan fingerprint density at radius 1 is 1.23 bits per heavy atom. The molecule has 0 aromatic heterocycles. The van der Waals surface area contributed by atoms with E-state index in [0.717, 1.165) is 12.8 Å². The fourth-order valence-corrected chi connectivity index (χ4v) is 6.23. The number of amides is 1. The molecule has 2 heterocycles. The molecule has 168 valence electrons. The van der Waals surface area contributed by atoms with Crippen LogP contribution in [-0.4, -0.2) is 54.9 Å². The Morgan fingerprint density at radius 2 is 1.90 bits per heavy atom. The third-order valence-electron chi connectivity index (χ3n) is 6.41. The molecule has 0 saturated carbocycles. The fraction of sp³-hybridized carbons (Fsp3) is 0.682. The summed E-state index contributed by atoms with van der Waals surface area (Å²) in [5, 5.41) is 4.03. The van der Waals surface area contributed by atoms with E-state index in [-0.39, 0.29) is 16.8 Å². The highest BCUT2D eigenvalue weighted by Gasteiger charge is 2.52. The Labute approximate surface area is 186 Å². The summed E-state index contributed by atoms with van der Waals surface area (Å²) in [6.07, 6.45) is 2.97. The largest absolute Gasteiger partial charge is 0.323 e. The number of nitrogens with zero attached hydrogens (tertiary/aromatic N) is 2. The molecule has 1 aromatic rings. The average Bonchev–Trinajstić information content (AvgIpc) is 2.93. The summed E-state index contributed by atoms with van der Waals surface area (Å²) in [6.45, 7) is 10.0. The molecule has 2 aliphatic rings. The van der Waals surface area contributed by atoms with Crippen LogP contribution in [0.15, 0.2) is 29.2 Å². The Kier molecular flexibility index (Phi) is 7.17. The van der Waals surface area contributed by atoms with Crippen molar-refractivity contribution in [2.24, 2.45) is 11.8 Å². The second-order valence-corrected chi connectivity index (χ2v) is 11.6. The molecule has 1 N–H and O–H groups in total. The normalized spacial score (nSPS) is 23.5. The molecule has 8 heteroatoms. The van der Waals surface area contributed by atoms with Gasteiger partial charge < -0.3 is 4.90 Å². The number of benzene rings is 1. The number of carbonyl (C=O) groups excluding carboxylic acids is 1. The Hall–Kier alpha value is -1.15. The fourth-order valence-electron chi connectivity index (χ4n) is 4.49. The van der Waals surface area contributed by atoms with Gasteiger partial charge in [0.05, 0.1) is 16.6 Å². The highest BCUT2D eigenvalue weighted by atomic mass is 35.5. The van der Waals surface area contributed by atoms with E-state index in [4.69, 9.17) is 11.6 Å². The van der Waals surface area contributed by atoms with Gasteiger partial charge in [0.2, 0.25) is 15.9 Å². The Balaban J connectivity index is 1.80. The molecule has 30 heavy (non-hydrogen) atoms. The van der Waals surface area contributed by atoms with E-state index >= 15 is 0 Å². The van der Waals surface area contributed by atoms with Crippen LogP contribution < -0.4 is 5.32 Å². The highest BCUT2D eigenvalue weighted by Crippen LogP contribution is 2.36. The lowest BCUT2D eigenvalue weighted by molar-refractivity contribution is -0.134. The van der Waals surface area contributed by atoms with E-state index in [1.807, 2.05) is 4.90 Å². The van der Waals surface area contributed by atoms with Gasteiger partial charge >= 0.3 is 0 Å². The number of sulfonamides is 1. The molecular weight excluding hydrogens is 422 g/mol. The Bertz CT molecular complexity index is 866. The van der Waals surface area contributed by atoms with Gasteiger partial charge in [0, 0.05) is 24.7 Å². The van der Waals surface area contributed by atoms with Crippen molar-refractivity contribution in [3.63, 3.8) is 0 Å². The maximum atomic E-state index is 13.2. The standard InChI is InChI=1S/C22H34ClN3O3S/c1-5-17(4)15-26-21(27)20(13-16(2)3)24-22(26)9-11-25(12-10-22)30(28,29)19-8-6-7-18(23)14-19/h6-8,14,16-17,20,24H,5,9-13,15H2,1-4H3/t17-,20-/m0/s1. The van der Waals surface area contributed by atoms with Gasteiger partial charge in [-0.3, -0.25) is 10.1 Å². The maximum absolute atomic E-state index is 13.2. The summed E-state index contributed by atoms with van der Waals surface area (Å²) >= 11 is 6.01. The minimum absolute atomic E-state index is 0.162. The van der Waals surface area contributed by atoms with Gasteiger partial charge in [-0.1, -0.05) is 51.8 Å². The van der Waals surface area contributed by atoms with Gasteiger partial charge in [-0.15, -0.1) is 0 Å². The van der Waals surface area contributed by atoms with E-state index in [1.165, 1.54) is 10.4 Å². The first-order chi connectivity index (χ1) is 14.1. The van der Waals surface area contributed by atoms with Crippen molar-refractivity contribution >= 4 is 27.5 Å². The predicted octanol–water partition coefficient (Wildman–Crippen LogP) is 3.71. The van der Waals surface area contributed by atoms with Gasteiger partial charge in [-0.2, -0.15) is 4.31 Å². The first-order valence-corrected chi connectivity index (χ1v) is 12.8. The monoisotopic (exact) mass is 455 g/mol. The van der Waals surface area contributed by atoms with E-state index in [9.17, 15) is 13.2 Å². The maximum Gasteiger partial charge on any atom is 0.243 e. The topological polar surface area (TPSA) is 69.7 Å². The molecule has 0 radical (unpaired) electrons. The molecule has 1 aromatic carbocycles. The van der Waals surface area contributed by atoms with Crippen LogP contribution in [0.4, 0.5) is 0 Å². The number of rotatable bonds is 7. The van der Waals surface area contributed by atoms with Crippen LogP contribution in [-0.2, 0) is 14.8 Å². The van der Waals surface area contributed by atoms with Crippen molar-refractivity contribution in [1.29, 1.82) is 0 Å². The van der Waals surface area contributed by atoms with E-state index in [0.29, 0.717) is 49.3 Å². The lowest BCUT2D eigenvalue weighted by Gasteiger charge is -2.45. The minimum atomic E-state index is -3.60. The summed E-state index contributed by atoms with van der Waals surface area (Å²) in [7, 11) is -3.60. The van der Waals surface area contributed by atoms with Gasteiger partial charge in [0.15, 0.2) is 0 Å². The SMILES string of the molecule is CC[C@H](C)CN1C(=O)[C@H](CC(C)C)NC12CCN(S(=O)(=O)c1cccc(Cl)c1)CC2. The van der Waals surface area contributed by atoms with Crippen molar-refractivity contribution in [2.45, 2.75) is 70.0 Å². The summed E-state index contributed by atoms with van der Waals surface area (Å²) in [5.74, 6) is 0.976. The number of hydrogen-bond donors (Lipinski definition) is 1. The highest BCUT2D eigenvalue weighted by molar-refractivity contribution is 7.89. The summed E-state index contributed by atoms with van der Waals surface area (Å²) in [4.78, 5) is 15.4. The van der Waals surface area contributed by atoms with Crippen molar-refractivity contribution in [2.75, 3.05) is 19.6 Å². The second-order valence-electron chi connectivity index (χ2n) is 9.18. The molecule has 0 unspecified atom stereocenters. The molecule has 1 amide bonds. The number of halogens is 1. The van der Waals surface area contributed by atoms with Gasteiger partial charge in [0.25, 0.3) is 0 Å². The van der Waals surface area contributed by atoms with Crippen LogP contribution in [0, 0.1) is 11.8 Å². The number of piperidine rings is 1. The molecule has 2 fully saturated rings. The molecule has 2 aliphatic heterocycles. The molecule has 0 bridgehead atoms. The quantitative estimate of drug-likeness (QED) is 0.680. The van der Waals surface area contributed by atoms with Gasteiger partial charge in [-0.05, 0) is 49.3 Å². The molecule has 0 aliphatic carbocycles. The molecule has 2 saturated heterocycles. The first-order valence-electron chi connectivity index (χ1n) is 10.9. The van der Waals surface area contributed by atoms with Crippen LogP contribution in [0.2, 0.25) is 5.02 Å². The lowest BCUT2D eigenvalue weighted by Crippen LogP contribution is -2.60. The van der Waals surface area contributed by atoms with E-state index in [2.05, 4.69) is 33.0 Å². The van der Waals surface area contributed by atoms with Crippen molar-refractivity contribution in [3.8, 4) is 0 Å². The zero-order valence-corrected chi connectivity index (χ0v) is 20.0. The molecular formula is C22H34ClN3O3S. The van der Waals surface area contributed by atoms with E-state index in [1.54, 1.807) is 18.2 Å².